The van der Waals surface area contributed by atoms with Gasteiger partial charge in [-0.1, -0.05) is 12.1 Å². The Morgan fingerprint density at radius 2 is 1.65 bits per heavy atom. The molecule has 118 valence electrons. The molecule has 1 heterocycles. The summed E-state index contributed by atoms with van der Waals surface area (Å²) >= 11 is 0. The molecule has 0 bridgehead atoms. The van der Waals surface area contributed by atoms with E-state index < -0.39 is 0 Å². The number of carbonyl (C=O) groups is 1. The van der Waals surface area contributed by atoms with Crippen LogP contribution in [0, 0.1) is 0 Å². The maximum Gasteiger partial charge on any atom is 0.240 e. The van der Waals surface area contributed by atoms with Gasteiger partial charge in [-0.05, 0) is 29.8 Å². The first-order chi connectivity index (χ1) is 10.9. The normalized spacial score (nSPS) is 17.2. The van der Waals surface area contributed by atoms with Crippen LogP contribution in [0.1, 0.15) is 30.5 Å². The van der Waals surface area contributed by atoms with Crippen molar-refractivity contribution >= 4 is 11.6 Å². The number of hydrogen-bond donors (Lipinski definition) is 3. The van der Waals surface area contributed by atoms with Crippen LogP contribution in [-0.4, -0.2) is 31.9 Å². The van der Waals surface area contributed by atoms with Gasteiger partial charge in [0.2, 0.25) is 5.91 Å². The topological polar surface area (TPSA) is 93.4 Å². The van der Waals surface area contributed by atoms with Gasteiger partial charge in [-0.15, -0.1) is 0 Å². The van der Waals surface area contributed by atoms with E-state index in [2.05, 4.69) is 5.10 Å². The molecule has 0 radical (unpaired) electrons. The van der Waals surface area contributed by atoms with Crippen LogP contribution in [0.15, 0.2) is 47.6 Å². The maximum absolute atomic E-state index is 11.9. The first kappa shape index (κ1) is 14.9. The number of hydrogen-bond acceptors (Lipinski definition) is 5. The summed E-state index contributed by atoms with van der Waals surface area (Å²) in [5, 5.41) is 34.4. The van der Waals surface area contributed by atoms with Crippen molar-refractivity contribution in [3.05, 3.63) is 53.6 Å². The van der Waals surface area contributed by atoms with Crippen molar-refractivity contribution in [1.82, 2.24) is 5.01 Å². The molecule has 3 rings (SSSR count). The fourth-order valence-electron chi connectivity index (χ4n) is 2.69. The molecule has 0 fully saturated rings. The highest BCUT2D eigenvalue weighted by atomic mass is 16.3. The lowest BCUT2D eigenvalue weighted by atomic mass is 9.98. The average Bonchev–Trinajstić information content (AvgIpc) is 2.92. The van der Waals surface area contributed by atoms with Crippen LogP contribution < -0.4 is 0 Å². The van der Waals surface area contributed by atoms with E-state index in [1.165, 1.54) is 30.1 Å². The first-order valence-electron chi connectivity index (χ1n) is 7.13. The Bertz CT molecular complexity index is 763. The predicted molar refractivity (Wildman–Crippen MR) is 84.3 cm³/mol. The van der Waals surface area contributed by atoms with Crippen LogP contribution in [0.2, 0.25) is 0 Å². The summed E-state index contributed by atoms with van der Waals surface area (Å²) in [6.07, 6.45) is 0.452. The molecule has 6 heteroatoms. The van der Waals surface area contributed by atoms with E-state index in [4.69, 9.17) is 0 Å². The number of phenolic OH excluding ortho intramolecular Hbond substituents is 3. The highest BCUT2D eigenvalue weighted by molar-refractivity contribution is 6.03. The molecule has 1 aliphatic rings. The lowest BCUT2D eigenvalue weighted by Gasteiger charge is -2.20. The highest BCUT2D eigenvalue weighted by Crippen LogP contribution is 2.34. The van der Waals surface area contributed by atoms with Crippen molar-refractivity contribution in [2.24, 2.45) is 5.10 Å². The summed E-state index contributed by atoms with van der Waals surface area (Å²) < 4.78 is 0. The third kappa shape index (κ3) is 2.96. The van der Waals surface area contributed by atoms with Crippen molar-refractivity contribution in [1.29, 1.82) is 0 Å². The number of benzene rings is 2. The molecule has 2 aromatic carbocycles. The minimum atomic E-state index is -0.285. The van der Waals surface area contributed by atoms with E-state index in [1.807, 2.05) is 0 Å². The SMILES string of the molecule is CC(=O)N1N=C(c2cc(O)cc(O)c2)C[C@@H]1c1ccc(O)cc1. The van der Waals surface area contributed by atoms with E-state index >= 15 is 0 Å². The van der Waals surface area contributed by atoms with Crippen LogP contribution in [-0.2, 0) is 4.79 Å². The number of nitrogens with zero attached hydrogens (tertiary/aromatic N) is 2. The number of carbonyl (C=O) groups excluding carboxylic acids is 1. The molecule has 0 aromatic heterocycles. The van der Waals surface area contributed by atoms with Crippen molar-refractivity contribution in [2.45, 2.75) is 19.4 Å². The molecule has 1 aliphatic heterocycles. The molecule has 0 spiro atoms. The predicted octanol–water partition coefficient (Wildman–Crippen LogP) is 2.50. The number of aromatic hydroxyl groups is 3. The summed E-state index contributed by atoms with van der Waals surface area (Å²) in [6.45, 7) is 1.43. The second-order valence-corrected chi connectivity index (χ2v) is 5.46. The Kier molecular flexibility index (Phi) is 3.65. The van der Waals surface area contributed by atoms with Gasteiger partial charge in [0.25, 0.3) is 0 Å². The second kappa shape index (κ2) is 5.64. The summed E-state index contributed by atoms with van der Waals surface area (Å²) in [4.78, 5) is 11.9. The molecule has 6 nitrogen and oxygen atoms in total. The summed E-state index contributed by atoms with van der Waals surface area (Å²) in [6, 6.07) is 10.6. The molecular weight excluding hydrogens is 296 g/mol. The Balaban J connectivity index is 1.96. The van der Waals surface area contributed by atoms with Gasteiger partial charge in [-0.2, -0.15) is 5.10 Å². The number of amides is 1. The zero-order valence-electron chi connectivity index (χ0n) is 12.5. The minimum Gasteiger partial charge on any atom is -0.508 e. The third-order valence-electron chi connectivity index (χ3n) is 3.75. The molecule has 1 atom stereocenters. The third-order valence-corrected chi connectivity index (χ3v) is 3.75. The van der Waals surface area contributed by atoms with Crippen molar-refractivity contribution in [3.8, 4) is 17.2 Å². The lowest BCUT2D eigenvalue weighted by molar-refractivity contribution is -0.130. The Labute approximate surface area is 132 Å². The van der Waals surface area contributed by atoms with Crippen LogP contribution in [0.4, 0.5) is 0 Å². The molecule has 2 aromatic rings. The largest absolute Gasteiger partial charge is 0.508 e. The molecule has 0 unspecified atom stereocenters. The fraction of sp³-hybridized carbons (Fsp3) is 0.176. The molecule has 0 saturated carbocycles. The van der Waals surface area contributed by atoms with E-state index in [1.54, 1.807) is 24.3 Å². The average molecular weight is 312 g/mol. The molecule has 1 amide bonds. The molecule has 0 saturated heterocycles. The zero-order chi connectivity index (χ0) is 16.6. The molecule has 23 heavy (non-hydrogen) atoms. The number of phenols is 3. The van der Waals surface area contributed by atoms with Gasteiger partial charge in [-0.3, -0.25) is 4.79 Å². The lowest BCUT2D eigenvalue weighted by Crippen LogP contribution is -2.24. The Morgan fingerprint density at radius 1 is 1.04 bits per heavy atom. The Hall–Kier alpha value is -3.02. The van der Waals surface area contributed by atoms with Crippen LogP contribution >= 0.6 is 0 Å². The quantitative estimate of drug-likeness (QED) is 0.794. The smallest absolute Gasteiger partial charge is 0.240 e. The summed E-state index contributed by atoms with van der Waals surface area (Å²) in [5.41, 5.74) is 2.01. The van der Waals surface area contributed by atoms with Crippen LogP contribution in [0.25, 0.3) is 0 Å². The van der Waals surface area contributed by atoms with Crippen molar-refractivity contribution < 1.29 is 20.1 Å². The Morgan fingerprint density at radius 3 is 2.22 bits per heavy atom. The van der Waals surface area contributed by atoms with Gasteiger partial charge in [0, 0.05) is 25.0 Å². The summed E-state index contributed by atoms with van der Waals surface area (Å²) in [7, 11) is 0. The second-order valence-electron chi connectivity index (χ2n) is 5.46. The van der Waals surface area contributed by atoms with Crippen molar-refractivity contribution in [2.75, 3.05) is 0 Å². The van der Waals surface area contributed by atoms with Gasteiger partial charge >= 0.3 is 0 Å². The number of rotatable bonds is 2. The molecule has 0 aliphatic carbocycles. The monoisotopic (exact) mass is 312 g/mol. The van der Waals surface area contributed by atoms with Crippen LogP contribution in [0.5, 0.6) is 17.2 Å². The van der Waals surface area contributed by atoms with Gasteiger partial charge in [0.05, 0.1) is 11.8 Å². The standard InChI is InChI=1S/C17H16N2O4/c1-10(20)19-17(11-2-4-13(21)5-3-11)9-16(18-19)12-6-14(22)8-15(23)7-12/h2-8,17,21-23H,9H2,1H3/t17-/m1/s1. The van der Waals surface area contributed by atoms with Gasteiger partial charge in [0.1, 0.15) is 17.2 Å². The van der Waals surface area contributed by atoms with Crippen molar-refractivity contribution in [3.63, 3.8) is 0 Å². The summed E-state index contributed by atoms with van der Waals surface area (Å²) in [5.74, 6) is -0.182. The molecule has 3 N–H and O–H groups in total. The van der Waals surface area contributed by atoms with Gasteiger partial charge < -0.3 is 15.3 Å². The van der Waals surface area contributed by atoms with Crippen LogP contribution in [0.3, 0.4) is 0 Å². The van der Waals surface area contributed by atoms with E-state index in [-0.39, 0.29) is 29.2 Å². The minimum absolute atomic E-state index is 0.0647. The highest BCUT2D eigenvalue weighted by Gasteiger charge is 2.31. The van der Waals surface area contributed by atoms with Gasteiger partial charge in [0.15, 0.2) is 0 Å². The fourth-order valence-corrected chi connectivity index (χ4v) is 2.69. The van der Waals surface area contributed by atoms with E-state index in [0.717, 1.165) is 5.56 Å². The maximum atomic E-state index is 11.9. The zero-order valence-corrected chi connectivity index (χ0v) is 12.5. The van der Waals surface area contributed by atoms with Gasteiger partial charge in [-0.25, -0.2) is 5.01 Å². The van der Waals surface area contributed by atoms with E-state index in [0.29, 0.717) is 17.7 Å². The van der Waals surface area contributed by atoms with E-state index in [9.17, 15) is 20.1 Å². The number of hydrazone groups is 1. The molecular formula is C17H16N2O4. The first-order valence-corrected chi connectivity index (χ1v) is 7.13.